The number of benzene rings is 1. The van der Waals surface area contributed by atoms with Crippen LogP contribution in [0.3, 0.4) is 0 Å². The van der Waals surface area contributed by atoms with E-state index in [1.807, 2.05) is 26.0 Å². The van der Waals surface area contributed by atoms with E-state index in [0.29, 0.717) is 5.69 Å². The predicted molar refractivity (Wildman–Crippen MR) is 69.6 cm³/mol. The Hall–Kier alpha value is -2.37. The van der Waals surface area contributed by atoms with E-state index in [0.717, 1.165) is 15.8 Å². The molecule has 0 amide bonds. The fraction of sp³-hybridized carbons (Fsp3) is 0.308. The molecule has 19 heavy (non-hydrogen) atoms. The second-order valence-corrected chi connectivity index (χ2v) is 4.18. The minimum absolute atomic E-state index is 0.0925. The summed E-state index contributed by atoms with van der Waals surface area (Å²) in [4.78, 5) is 25.7. The summed E-state index contributed by atoms with van der Waals surface area (Å²) < 4.78 is 5.94. The van der Waals surface area contributed by atoms with Gasteiger partial charge < -0.3 is 4.74 Å². The number of H-pyrrole nitrogens is 1. The number of carbonyl (C=O) groups excluding carboxylic acids is 1. The van der Waals surface area contributed by atoms with E-state index in [-0.39, 0.29) is 12.4 Å². The van der Waals surface area contributed by atoms with Crippen molar-refractivity contribution in [2.75, 3.05) is 6.61 Å². The minimum Gasteiger partial charge on any atom is -0.460 e. The monoisotopic (exact) mass is 261 g/mol. The van der Waals surface area contributed by atoms with Gasteiger partial charge in [-0.3, -0.25) is 4.98 Å². The number of aryl methyl sites for hydroxylation is 2. The molecule has 2 aromatic rings. The molecule has 0 saturated carbocycles. The SMILES string of the molecule is CCOC(=O)c1nn(-c2ccc(C)c(C)c2)c(=O)[nH]1. The van der Waals surface area contributed by atoms with Gasteiger partial charge in [0.25, 0.3) is 0 Å². The van der Waals surface area contributed by atoms with Crippen molar-refractivity contribution in [2.24, 2.45) is 0 Å². The molecular weight excluding hydrogens is 246 g/mol. The molecule has 1 aromatic heterocycles. The molecule has 1 aromatic carbocycles. The average Bonchev–Trinajstić information content (AvgIpc) is 2.75. The number of nitrogens with zero attached hydrogens (tertiary/aromatic N) is 2. The summed E-state index contributed by atoms with van der Waals surface area (Å²) in [6.07, 6.45) is 0. The molecule has 0 fully saturated rings. The zero-order valence-electron chi connectivity index (χ0n) is 11.1. The predicted octanol–water partition coefficient (Wildman–Crippen LogP) is 1.35. The number of nitrogens with one attached hydrogen (secondary N) is 1. The van der Waals surface area contributed by atoms with Gasteiger partial charge in [-0.05, 0) is 44.0 Å². The van der Waals surface area contributed by atoms with E-state index < -0.39 is 11.7 Å². The molecule has 0 atom stereocenters. The smallest absolute Gasteiger partial charge is 0.376 e. The molecular formula is C13H15N3O3. The van der Waals surface area contributed by atoms with Gasteiger partial charge in [-0.1, -0.05) is 6.07 Å². The van der Waals surface area contributed by atoms with Crippen LogP contribution < -0.4 is 5.69 Å². The Morgan fingerprint density at radius 2 is 2.11 bits per heavy atom. The molecule has 6 nitrogen and oxygen atoms in total. The lowest BCUT2D eigenvalue weighted by Crippen LogP contribution is -2.16. The molecule has 2 rings (SSSR count). The summed E-state index contributed by atoms with van der Waals surface area (Å²) >= 11 is 0. The average molecular weight is 261 g/mol. The van der Waals surface area contributed by atoms with Crippen LogP contribution in [0.25, 0.3) is 5.69 Å². The molecule has 0 saturated heterocycles. The maximum absolute atomic E-state index is 11.8. The number of hydrogen-bond acceptors (Lipinski definition) is 4. The number of aromatic amines is 1. The summed E-state index contributed by atoms with van der Waals surface area (Å²) in [6.45, 7) is 5.85. The fourth-order valence-corrected chi connectivity index (χ4v) is 1.65. The van der Waals surface area contributed by atoms with Gasteiger partial charge in [0.15, 0.2) is 0 Å². The van der Waals surface area contributed by atoms with Crippen molar-refractivity contribution < 1.29 is 9.53 Å². The van der Waals surface area contributed by atoms with Gasteiger partial charge in [-0.25, -0.2) is 9.59 Å². The van der Waals surface area contributed by atoms with Crippen LogP contribution in [-0.4, -0.2) is 27.3 Å². The van der Waals surface area contributed by atoms with Gasteiger partial charge in [0.1, 0.15) is 0 Å². The summed E-state index contributed by atoms with van der Waals surface area (Å²) in [5.41, 5.74) is 2.31. The van der Waals surface area contributed by atoms with Crippen LogP contribution in [0.5, 0.6) is 0 Å². The van der Waals surface area contributed by atoms with Gasteiger partial charge in [0.2, 0.25) is 5.82 Å². The summed E-state index contributed by atoms with van der Waals surface area (Å²) in [5.74, 6) is -0.729. The van der Waals surface area contributed by atoms with Crippen LogP contribution in [-0.2, 0) is 4.74 Å². The molecule has 0 spiro atoms. The van der Waals surface area contributed by atoms with Crippen LogP contribution in [0.4, 0.5) is 0 Å². The molecule has 0 aliphatic heterocycles. The highest BCUT2D eigenvalue weighted by molar-refractivity contribution is 5.84. The third-order valence-corrected chi connectivity index (χ3v) is 2.82. The highest BCUT2D eigenvalue weighted by Crippen LogP contribution is 2.11. The van der Waals surface area contributed by atoms with Crippen molar-refractivity contribution in [3.63, 3.8) is 0 Å². The Bertz CT molecular complexity index is 670. The van der Waals surface area contributed by atoms with Crippen LogP contribution in [0, 0.1) is 13.8 Å². The molecule has 0 bridgehead atoms. The van der Waals surface area contributed by atoms with E-state index in [1.54, 1.807) is 13.0 Å². The number of rotatable bonds is 3. The van der Waals surface area contributed by atoms with Crippen molar-refractivity contribution >= 4 is 5.97 Å². The first-order valence-corrected chi connectivity index (χ1v) is 5.97. The van der Waals surface area contributed by atoms with Gasteiger partial charge in [-0.15, -0.1) is 5.10 Å². The Labute approximate surface area is 110 Å². The first-order valence-electron chi connectivity index (χ1n) is 5.97. The van der Waals surface area contributed by atoms with E-state index in [1.165, 1.54) is 0 Å². The fourth-order valence-electron chi connectivity index (χ4n) is 1.65. The van der Waals surface area contributed by atoms with Crippen LogP contribution in [0.1, 0.15) is 28.7 Å². The van der Waals surface area contributed by atoms with Gasteiger partial charge in [-0.2, -0.15) is 4.68 Å². The first kappa shape index (κ1) is 13.1. The van der Waals surface area contributed by atoms with E-state index in [9.17, 15) is 9.59 Å². The number of ether oxygens (including phenoxy) is 1. The molecule has 1 heterocycles. The lowest BCUT2D eigenvalue weighted by molar-refractivity contribution is 0.0512. The third-order valence-electron chi connectivity index (χ3n) is 2.82. The van der Waals surface area contributed by atoms with E-state index >= 15 is 0 Å². The molecule has 0 aliphatic rings. The Morgan fingerprint density at radius 3 is 2.74 bits per heavy atom. The van der Waals surface area contributed by atoms with Crippen molar-refractivity contribution in [1.82, 2.24) is 14.8 Å². The van der Waals surface area contributed by atoms with E-state index in [2.05, 4.69) is 10.1 Å². The summed E-state index contributed by atoms with van der Waals surface area (Å²) in [5, 5.41) is 3.94. The zero-order valence-corrected chi connectivity index (χ0v) is 11.1. The molecule has 0 unspecified atom stereocenters. The normalized spacial score (nSPS) is 10.5. The Balaban J connectivity index is 2.43. The van der Waals surface area contributed by atoms with Crippen molar-refractivity contribution in [3.05, 3.63) is 45.6 Å². The van der Waals surface area contributed by atoms with Gasteiger partial charge in [0, 0.05) is 0 Å². The van der Waals surface area contributed by atoms with Crippen molar-refractivity contribution in [2.45, 2.75) is 20.8 Å². The van der Waals surface area contributed by atoms with Crippen LogP contribution in [0.15, 0.2) is 23.0 Å². The van der Waals surface area contributed by atoms with Crippen molar-refractivity contribution in [1.29, 1.82) is 0 Å². The second-order valence-electron chi connectivity index (χ2n) is 4.18. The maximum Gasteiger partial charge on any atom is 0.376 e. The van der Waals surface area contributed by atoms with Gasteiger partial charge in [0.05, 0.1) is 12.3 Å². The van der Waals surface area contributed by atoms with E-state index in [4.69, 9.17) is 4.74 Å². The molecule has 1 N–H and O–H groups in total. The summed E-state index contributed by atoms with van der Waals surface area (Å²) in [6, 6.07) is 5.52. The Kier molecular flexibility index (Phi) is 3.50. The second kappa shape index (κ2) is 5.09. The Morgan fingerprint density at radius 1 is 1.37 bits per heavy atom. The molecule has 0 aliphatic carbocycles. The van der Waals surface area contributed by atoms with Crippen LogP contribution >= 0.6 is 0 Å². The quantitative estimate of drug-likeness (QED) is 0.846. The number of carbonyl (C=O) groups is 1. The number of hydrogen-bond donors (Lipinski definition) is 1. The highest BCUT2D eigenvalue weighted by atomic mass is 16.5. The minimum atomic E-state index is -0.637. The molecule has 0 radical (unpaired) electrons. The standard InChI is InChI=1S/C13H15N3O3/c1-4-19-12(17)11-14-13(18)16(15-11)10-6-5-8(2)9(3)7-10/h5-7H,4H2,1-3H3,(H,14,15,18). The maximum atomic E-state index is 11.8. The first-order chi connectivity index (χ1) is 9.02. The van der Waals surface area contributed by atoms with Crippen LogP contribution in [0.2, 0.25) is 0 Å². The lowest BCUT2D eigenvalue weighted by Gasteiger charge is -2.03. The summed E-state index contributed by atoms with van der Waals surface area (Å²) in [7, 11) is 0. The largest absolute Gasteiger partial charge is 0.460 e. The molecule has 100 valence electrons. The lowest BCUT2D eigenvalue weighted by atomic mass is 10.1. The van der Waals surface area contributed by atoms with Crippen molar-refractivity contribution in [3.8, 4) is 5.69 Å². The zero-order chi connectivity index (χ0) is 14.0. The van der Waals surface area contributed by atoms with Gasteiger partial charge >= 0.3 is 11.7 Å². The number of esters is 1. The third kappa shape index (κ3) is 2.57. The number of aromatic nitrogens is 3. The molecule has 6 heteroatoms. The topological polar surface area (TPSA) is 77.0 Å². The highest BCUT2D eigenvalue weighted by Gasteiger charge is 2.15.